The van der Waals surface area contributed by atoms with Crippen LogP contribution in [0, 0.1) is 6.92 Å². The highest BCUT2D eigenvalue weighted by Crippen LogP contribution is 2.32. The molecule has 0 heterocycles. The van der Waals surface area contributed by atoms with E-state index in [9.17, 15) is 9.59 Å². The number of rotatable bonds is 13. The molecule has 3 atom stereocenters. The van der Waals surface area contributed by atoms with Crippen LogP contribution in [0.1, 0.15) is 49.9 Å². The van der Waals surface area contributed by atoms with Gasteiger partial charge in [0.2, 0.25) is 11.8 Å². The molecule has 0 N–H and O–H groups in total. The first kappa shape index (κ1) is 31.1. The maximum absolute atomic E-state index is 13.9. The summed E-state index contributed by atoms with van der Waals surface area (Å²) in [4.78, 5) is 30.9. The van der Waals surface area contributed by atoms with Crippen LogP contribution in [-0.2, 0) is 38.3 Å². The molecule has 0 aromatic heterocycles. The molecule has 37 heavy (non-hydrogen) atoms. The van der Waals surface area contributed by atoms with Crippen molar-refractivity contribution in [3.63, 3.8) is 0 Å². The molecule has 6 nitrogen and oxygen atoms in total. The van der Waals surface area contributed by atoms with Gasteiger partial charge in [-0.05, 0) is 55.4 Å². The lowest BCUT2D eigenvalue weighted by Crippen LogP contribution is -2.51. The molecule has 0 fully saturated rings. The fourth-order valence-corrected chi connectivity index (χ4v) is 5.11. The Morgan fingerprint density at radius 3 is 1.78 bits per heavy atom. The number of benzene rings is 2. The smallest absolute Gasteiger partial charge is 0.249 e. The number of para-hydroxylation sites is 2. The third-order valence-electron chi connectivity index (χ3n) is 6.52. The number of halogens is 2. The van der Waals surface area contributed by atoms with Gasteiger partial charge in [-0.2, -0.15) is 0 Å². The van der Waals surface area contributed by atoms with Crippen molar-refractivity contribution in [2.24, 2.45) is 0 Å². The van der Waals surface area contributed by atoms with Gasteiger partial charge in [0, 0.05) is 14.2 Å². The van der Waals surface area contributed by atoms with E-state index in [1.54, 1.807) is 12.0 Å². The zero-order valence-electron chi connectivity index (χ0n) is 23.0. The summed E-state index contributed by atoms with van der Waals surface area (Å²) in [6.45, 7) is 10.2. The van der Waals surface area contributed by atoms with Crippen LogP contribution in [0.5, 0.6) is 0 Å². The maximum Gasteiger partial charge on any atom is 0.249 e. The summed E-state index contributed by atoms with van der Waals surface area (Å²) in [6, 6.07) is 11.5. The minimum absolute atomic E-state index is 0.00850. The highest BCUT2D eigenvalue weighted by molar-refractivity contribution is 6.45. The van der Waals surface area contributed by atoms with Crippen molar-refractivity contribution in [1.29, 1.82) is 0 Å². The molecule has 0 saturated heterocycles. The number of carbonyl (C=O) groups is 2. The van der Waals surface area contributed by atoms with Gasteiger partial charge in [-0.1, -0.05) is 57.2 Å². The molecule has 2 rings (SSSR count). The minimum Gasteiger partial charge on any atom is -0.383 e. The third-order valence-corrected chi connectivity index (χ3v) is 7.52. The molecule has 204 valence electrons. The number of hydrogen-bond acceptors (Lipinski definition) is 4. The average Bonchev–Trinajstić information content (AvgIpc) is 2.91. The zero-order chi connectivity index (χ0) is 27.7. The van der Waals surface area contributed by atoms with E-state index >= 15 is 0 Å². The van der Waals surface area contributed by atoms with Crippen LogP contribution in [0.15, 0.2) is 36.4 Å². The lowest BCUT2D eigenvalue weighted by molar-refractivity contribution is -0.124. The summed E-state index contributed by atoms with van der Waals surface area (Å²) in [5.41, 5.74) is 5.46. The van der Waals surface area contributed by atoms with Gasteiger partial charge in [0.1, 0.15) is 17.5 Å². The predicted octanol–water partition coefficient (Wildman–Crippen LogP) is 5.90. The van der Waals surface area contributed by atoms with Crippen molar-refractivity contribution in [3.05, 3.63) is 58.7 Å². The maximum atomic E-state index is 13.9. The number of methoxy groups -OCH3 is 2. The first-order valence-corrected chi connectivity index (χ1v) is 13.6. The lowest BCUT2D eigenvalue weighted by Gasteiger charge is -2.35. The number of ether oxygens (including phenoxy) is 2. The molecule has 3 unspecified atom stereocenters. The Morgan fingerprint density at radius 2 is 1.30 bits per heavy atom. The Balaban J connectivity index is 2.51. The quantitative estimate of drug-likeness (QED) is 0.230. The van der Waals surface area contributed by atoms with Crippen LogP contribution in [0.25, 0.3) is 0 Å². The van der Waals surface area contributed by atoms with Crippen molar-refractivity contribution >= 4 is 46.4 Å². The molecule has 8 heteroatoms. The largest absolute Gasteiger partial charge is 0.383 e. The first-order valence-electron chi connectivity index (χ1n) is 12.8. The summed E-state index contributed by atoms with van der Waals surface area (Å²) in [5, 5.41) is -2.62. The normalized spacial score (nSPS) is 13.6. The van der Waals surface area contributed by atoms with Crippen LogP contribution >= 0.6 is 23.2 Å². The number of nitrogens with zero attached hydrogens (tertiary/aromatic N) is 2. The highest BCUT2D eigenvalue weighted by Gasteiger charge is 2.39. The van der Waals surface area contributed by atoms with E-state index in [2.05, 4.69) is 0 Å². The van der Waals surface area contributed by atoms with E-state index < -0.39 is 22.6 Å². The van der Waals surface area contributed by atoms with Gasteiger partial charge < -0.3 is 14.4 Å². The SMILES string of the molecule is CCc1cccc(CC)c1N(COC)C(=O)C(Cl)C(Cl)C(=O)N(c1c(C)cccc1CC)C(C)COC. The third kappa shape index (κ3) is 7.05. The van der Waals surface area contributed by atoms with Crippen molar-refractivity contribution < 1.29 is 19.1 Å². The zero-order valence-corrected chi connectivity index (χ0v) is 24.5. The molecule has 2 amide bonds. The number of amides is 2. The fourth-order valence-electron chi connectivity index (χ4n) is 4.67. The molecule has 0 aliphatic rings. The molecule has 0 spiro atoms. The first-order chi connectivity index (χ1) is 17.7. The van der Waals surface area contributed by atoms with Gasteiger partial charge in [-0.25, -0.2) is 0 Å². The summed E-state index contributed by atoms with van der Waals surface area (Å²) in [5.74, 6) is -0.923. The van der Waals surface area contributed by atoms with Crippen LogP contribution in [0.4, 0.5) is 11.4 Å². The number of hydrogen-bond donors (Lipinski definition) is 0. The lowest BCUT2D eigenvalue weighted by atomic mass is 10.0. The van der Waals surface area contributed by atoms with Crippen molar-refractivity contribution in [2.45, 2.75) is 70.7 Å². The molecular formula is C29H40Cl2N2O4. The topological polar surface area (TPSA) is 59.1 Å². The van der Waals surface area contributed by atoms with Crippen LogP contribution < -0.4 is 9.80 Å². The van der Waals surface area contributed by atoms with E-state index in [1.807, 2.05) is 71.0 Å². The molecule has 0 aliphatic heterocycles. The second-order valence-corrected chi connectivity index (χ2v) is 10.0. The molecule has 0 saturated carbocycles. The molecule has 2 aromatic carbocycles. The van der Waals surface area contributed by atoms with Crippen LogP contribution in [-0.4, -0.2) is 56.2 Å². The van der Waals surface area contributed by atoms with Gasteiger partial charge in [0.25, 0.3) is 0 Å². The average molecular weight is 552 g/mol. The Kier molecular flexibility index (Phi) is 12.4. The van der Waals surface area contributed by atoms with Gasteiger partial charge in [0.15, 0.2) is 0 Å². The summed E-state index contributed by atoms with van der Waals surface area (Å²) < 4.78 is 10.8. The summed E-state index contributed by atoms with van der Waals surface area (Å²) in [7, 11) is 3.11. The number of alkyl halides is 2. The van der Waals surface area contributed by atoms with Gasteiger partial charge in [-0.3, -0.25) is 14.5 Å². The van der Waals surface area contributed by atoms with Gasteiger partial charge in [0.05, 0.1) is 24.0 Å². The summed E-state index contributed by atoms with van der Waals surface area (Å²) >= 11 is 13.5. The molecule has 2 aromatic rings. The Hall–Kier alpha value is -2.12. The van der Waals surface area contributed by atoms with Gasteiger partial charge in [-0.15, -0.1) is 23.2 Å². The Labute approximate surface area is 231 Å². The number of carbonyl (C=O) groups excluding carboxylic acids is 2. The number of anilines is 2. The van der Waals surface area contributed by atoms with Crippen molar-refractivity contribution in [2.75, 3.05) is 37.4 Å². The van der Waals surface area contributed by atoms with Crippen molar-refractivity contribution in [3.8, 4) is 0 Å². The summed E-state index contributed by atoms with van der Waals surface area (Å²) in [6.07, 6.45) is 2.18. The predicted molar refractivity (Wildman–Crippen MR) is 153 cm³/mol. The highest BCUT2D eigenvalue weighted by atomic mass is 35.5. The van der Waals surface area contributed by atoms with Gasteiger partial charge >= 0.3 is 0 Å². The second-order valence-electron chi connectivity index (χ2n) is 9.07. The van der Waals surface area contributed by atoms with Crippen LogP contribution in [0.3, 0.4) is 0 Å². The van der Waals surface area contributed by atoms with E-state index in [-0.39, 0.29) is 12.8 Å². The van der Waals surface area contributed by atoms with E-state index in [4.69, 9.17) is 32.7 Å². The Morgan fingerprint density at radius 1 is 0.811 bits per heavy atom. The molecule has 0 bridgehead atoms. The minimum atomic E-state index is -1.31. The molecule has 0 radical (unpaired) electrons. The van der Waals surface area contributed by atoms with E-state index in [1.165, 1.54) is 12.0 Å². The number of aryl methyl sites for hydroxylation is 4. The van der Waals surface area contributed by atoms with E-state index in [0.717, 1.165) is 52.9 Å². The second kappa shape index (κ2) is 14.7. The Bertz CT molecular complexity index is 1040. The standard InChI is InChI=1S/C29H40Cl2N2O4/c1-8-21-14-11-13-19(4)26(21)33(20(5)17-36-6)29(35)25(31)24(30)28(34)32(18-37-7)27-22(9-2)15-12-16-23(27)10-3/h11-16,20,24-25H,8-10,17-18H2,1-7H3. The van der Waals surface area contributed by atoms with E-state index in [0.29, 0.717) is 6.61 Å². The fraction of sp³-hybridized carbons (Fsp3) is 0.517. The molecule has 0 aliphatic carbocycles. The molecular weight excluding hydrogens is 511 g/mol. The monoisotopic (exact) mass is 550 g/mol. The van der Waals surface area contributed by atoms with Crippen molar-refractivity contribution in [1.82, 2.24) is 0 Å². The van der Waals surface area contributed by atoms with Crippen LogP contribution in [0.2, 0.25) is 0 Å².